The molecule has 0 spiro atoms. The molecule has 2 rings (SSSR count). The van der Waals surface area contributed by atoms with Gasteiger partial charge in [0.2, 0.25) is 0 Å². The first-order valence-corrected chi connectivity index (χ1v) is 6.27. The maximum atomic E-state index is 12.5. The molecule has 0 aliphatic rings. The van der Waals surface area contributed by atoms with Gasteiger partial charge in [0.05, 0.1) is 16.4 Å². The van der Waals surface area contributed by atoms with Crippen molar-refractivity contribution in [3.63, 3.8) is 0 Å². The second-order valence-electron chi connectivity index (χ2n) is 4.46. The molecule has 2 aromatic rings. The van der Waals surface area contributed by atoms with Gasteiger partial charge in [-0.25, -0.2) is 0 Å². The fourth-order valence-corrected chi connectivity index (χ4v) is 2.24. The quantitative estimate of drug-likeness (QED) is 0.808. The zero-order valence-corrected chi connectivity index (χ0v) is 11.7. The van der Waals surface area contributed by atoms with Crippen LogP contribution in [0.1, 0.15) is 5.56 Å². The molecule has 0 unspecified atom stereocenters. The first kappa shape index (κ1) is 15.3. The molecule has 0 saturated heterocycles. The number of nitrogen functional groups attached to an aromatic ring is 2. The lowest BCUT2D eigenvalue weighted by atomic mass is 10.0. The SMILES string of the molecule is Cc1cc(-c2c(Cl)cccc2OC(F)(F)F)cc(N)c1N. The van der Waals surface area contributed by atoms with Crippen molar-refractivity contribution in [2.75, 3.05) is 11.5 Å². The molecular weight excluding hydrogens is 305 g/mol. The van der Waals surface area contributed by atoms with Crippen molar-refractivity contribution < 1.29 is 17.9 Å². The van der Waals surface area contributed by atoms with Crippen molar-refractivity contribution in [2.45, 2.75) is 13.3 Å². The maximum Gasteiger partial charge on any atom is 0.573 e. The van der Waals surface area contributed by atoms with E-state index in [1.165, 1.54) is 24.3 Å². The molecule has 112 valence electrons. The summed E-state index contributed by atoms with van der Waals surface area (Å²) >= 11 is 6.02. The second kappa shape index (κ2) is 5.37. The summed E-state index contributed by atoms with van der Waals surface area (Å²) in [5.41, 5.74) is 13.3. The number of aryl methyl sites for hydroxylation is 1. The molecule has 3 nitrogen and oxygen atoms in total. The van der Waals surface area contributed by atoms with Crippen LogP contribution < -0.4 is 16.2 Å². The molecule has 0 saturated carbocycles. The zero-order chi connectivity index (χ0) is 15.8. The Balaban J connectivity index is 2.63. The van der Waals surface area contributed by atoms with E-state index in [1.54, 1.807) is 13.0 Å². The van der Waals surface area contributed by atoms with E-state index in [9.17, 15) is 13.2 Å². The van der Waals surface area contributed by atoms with Crippen molar-refractivity contribution in [1.29, 1.82) is 0 Å². The number of nitrogens with two attached hydrogens (primary N) is 2. The largest absolute Gasteiger partial charge is 0.573 e. The van der Waals surface area contributed by atoms with Crippen LogP contribution >= 0.6 is 11.6 Å². The van der Waals surface area contributed by atoms with Crippen molar-refractivity contribution in [3.05, 3.63) is 40.9 Å². The number of hydrogen-bond acceptors (Lipinski definition) is 3. The fraction of sp³-hybridized carbons (Fsp3) is 0.143. The van der Waals surface area contributed by atoms with E-state index >= 15 is 0 Å². The van der Waals surface area contributed by atoms with Crippen molar-refractivity contribution in [3.8, 4) is 16.9 Å². The fourth-order valence-electron chi connectivity index (χ4n) is 1.96. The molecule has 2 aromatic carbocycles. The van der Waals surface area contributed by atoms with E-state index in [2.05, 4.69) is 4.74 Å². The standard InChI is InChI=1S/C14H12ClF3N2O/c1-7-5-8(6-10(19)13(7)20)12-9(15)3-2-4-11(12)21-14(16,17)18/h2-6H,19-20H2,1H3. The van der Waals surface area contributed by atoms with Crippen LogP contribution in [0.4, 0.5) is 24.5 Å². The number of rotatable bonds is 2. The molecule has 0 aromatic heterocycles. The number of benzene rings is 2. The van der Waals surface area contributed by atoms with Gasteiger partial charge in [-0.3, -0.25) is 0 Å². The van der Waals surface area contributed by atoms with Crippen LogP contribution in [0.2, 0.25) is 5.02 Å². The molecule has 21 heavy (non-hydrogen) atoms. The lowest BCUT2D eigenvalue weighted by molar-refractivity contribution is -0.274. The number of ether oxygens (including phenoxy) is 1. The van der Waals surface area contributed by atoms with Gasteiger partial charge in [0.1, 0.15) is 5.75 Å². The third-order valence-corrected chi connectivity index (χ3v) is 3.22. The summed E-state index contributed by atoms with van der Waals surface area (Å²) in [5, 5.41) is 0.125. The van der Waals surface area contributed by atoms with Crippen molar-refractivity contribution in [2.24, 2.45) is 0 Å². The molecule has 0 aliphatic carbocycles. The number of halogens is 4. The molecule has 4 N–H and O–H groups in total. The molecule has 0 atom stereocenters. The van der Waals surface area contributed by atoms with Crippen LogP contribution in [0.5, 0.6) is 5.75 Å². The van der Waals surface area contributed by atoms with Gasteiger partial charge in [0, 0.05) is 5.56 Å². The monoisotopic (exact) mass is 316 g/mol. The summed E-state index contributed by atoms with van der Waals surface area (Å²) in [6.45, 7) is 1.70. The van der Waals surface area contributed by atoms with E-state index in [4.69, 9.17) is 23.1 Å². The van der Waals surface area contributed by atoms with Crippen LogP contribution in [0.25, 0.3) is 11.1 Å². The Bertz CT molecular complexity index is 663. The van der Waals surface area contributed by atoms with Crippen LogP contribution in [-0.4, -0.2) is 6.36 Å². The molecule has 7 heteroatoms. The van der Waals surface area contributed by atoms with Crippen LogP contribution in [0.15, 0.2) is 30.3 Å². The number of anilines is 2. The van der Waals surface area contributed by atoms with Gasteiger partial charge in [-0.05, 0) is 42.3 Å². The molecule has 0 amide bonds. The van der Waals surface area contributed by atoms with Crippen LogP contribution in [0, 0.1) is 6.92 Å². The smallest absolute Gasteiger partial charge is 0.405 e. The maximum absolute atomic E-state index is 12.5. The molecule has 0 radical (unpaired) electrons. The Morgan fingerprint density at radius 3 is 2.38 bits per heavy atom. The van der Waals surface area contributed by atoms with Gasteiger partial charge in [0.25, 0.3) is 0 Å². The van der Waals surface area contributed by atoms with Crippen LogP contribution in [0.3, 0.4) is 0 Å². The number of hydrogen-bond donors (Lipinski definition) is 2. The molecule has 0 aliphatic heterocycles. The van der Waals surface area contributed by atoms with Gasteiger partial charge in [-0.15, -0.1) is 13.2 Å². The minimum absolute atomic E-state index is 0.117. The highest BCUT2D eigenvalue weighted by atomic mass is 35.5. The van der Waals surface area contributed by atoms with E-state index in [-0.39, 0.29) is 16.3 Å². The van der Waals surface area contributed by atoms with Crippen LogP contribution in [-0.2, 0) is 0 Å². The van der Waals surface area contributed by atoms with Gasteiger partial charge in [-0.1, -0.05) is 17.7 Å². The van der Waals surface area contributed by atoms with Crippen molar-refractivity contribution in [1.82, 2.24) is 0 Å². The third kappa shape index (κ3) is 3.33. The minimum Gasteiger partial charge on any atom is -0.405 e. The Kier molecular flexibility index (Phi) is 3.91. The third-order valence-electron chi connectivity index (χ3n) is 2.91. The van der Waals surface area contributed by atoms with E-state index in [0.29, 0.717) is 16.8 Å². The number of alkyl halides is 3. The summed E-state index contributed by atoms with van der Waals surface area (Å²) in [6.07, 6.45) is -4.81. The normalized spacial score (nSPS) is 11.5. The summed E-state index contributed by atoms with van der Waals surface area (Å²) in [6, 6.07) is 7.11. The van der Waals surface area contributed by atoms with Gasteiger partial charge < -0.3 is 16.2 Å². The summed E-state index contributed by atoms with van der Waals surface area (Å²) < 4.78 is 41.5. The van der Waals surface area contributed by atoms with Crippen molar-refractivity contribution >= 4 is 23.0 Å². The zero-order valence-electron chi connectivity index (χ0n) is 11.0. The predicted molar refractivity (Wildman–Crippen MR) is 77.1 cm³/mol. The first-order chi connectivity index (χ1) is 9.69. The lowest BCUT2D eigenvalue weighted by Gasteiger charge is -2.16. The van der Waals surface area contributed by atoms with E-state index < -0.39 is 12.1 Å². The Labute approximate surface area is 124 Å². The Hall–Kier alpha value is -2.08. The highest BCUT2D eigenvalue weighted by Gasteiger charge is 2.32. The molecular formula is C14H12ClF3N2O. The van der Waals surface area contributed by atoms with Gasteiger partial charge in [-0.2, -0.15) is 0 Å². The predicted octanol–water partition coefficient (Wildman–Crippen LogP) is 4.38. The highest BCUT2D eigenvalue weighted by molar-refractivity contribution is 6.33. The Morgan fingerprint density at radius 1 is 1.14 bits per heavy atom. The second-order valence-corrected chi connectivity index (χ2v) is 4.86. The summed E-state index contributed by atoms with van der Waals surface area (Å²) in [5.74, 6) is -0.390. The van der Waals surface area contributed by atoms with Gasteiger partial charge in [0.15, 0.2) is 0 Å². The molecule has 0 heterocycles. The lowest BCUT2D eigenvalue weighted by Crippen LogP contribution is -2.17. The molecule has 0 bridgehead atoms. The summed E-state index contributed by atoms with van der Waals surface area (Å²) in [7, 11) is 0. The van der Waals surface area contributed by atoms with E-state index in [0.717, 1.165) is 0 Å². The topological polar surface area (TPSA) is 61.3 Å². The highest BCUT2D eigenvalue weighted by Crippen LogP contribution is 2.40. The Morgan fingerprint density at radius 2 is 1.81 bits per heavy atom. The summed E-state index contributed by atoms with van der Waals surface area (Å²) in [4.78, 5) is 0. The first-order valence-electron chi connectivity index (χ1n) is 5.89. The van der Waals surface area contributed by atoms with E-state index in [1.807, 2.05) is 0 Å². The minimum atomic E-state index is -4.81. The average molecular weight is 317 g/mol. The van der Waals surface area contributed by atoms with Gasteiger partial charge >= 0.3 is 6.36 Å². The molecule has 0 fully saturated rings. The average Bonchev–Trinajstić information content (AvgIpc) is 2.33.